The first-order chi connectivity index (χ1) is 11.4. The molecular weight excluding hydrogens is 324 g/mol. The van der Waals surface area contributed by atoms with Gasteiger partial charge < -0.3 is 9.30 Å². The van der Waals surface area contributed by atoms with Crippen LogP contribution in [0.2, 0.25) is 0 Å². The van der Waals surface area contributed by atoms with Gasteiger partial charge >= 0.3 is 5.97 Å². The van der Waals surface area contributed by atoms with Crippen LogP contribution in [0.4, 0.5) is 0 Å². The molecule has 0 atom stereocenters. The Hall–Kier alpha value is -2.47. The lowest BCUT2D eigenvalue weighted by atomic mass is 10.0. The molecule has 0 N–H and O–H groups in total. The summed E-state index contributed by atoms with van der Waals surface area (Å²) < 4.78 is 7.02. The lowest BCUT2D eigenvalue weighted by molar-refractivity contribution is 0.0737. The first-order valence-electron chi connectivity index (χ1n) is 7.66. The molecule has 0 fully saturated rings. The number of carbonyl (C=O) groups excluding carboxylic acids is 1. The van der Waals surface area contributed by atoms with E-state index in [2.05, 4.69) is 4.98 Å². The minimum absolute atomic E-state index is 0.157. The summed E-state index contributed by atoms with van der Waals surface area (Å²) in [5.41, 5.74) is 1.43. The van der Waals surface area contributed by atoms with Crippen LogP contribution < -0.4 is 10.3 Å². The van der Waals surface area contributed by atoms with E-state index in [0.29, 0.717) is 26.4 Å². The van der Waals surface area contributed by atoms with Crippen LogP contribution in [-0.2, 0) is 7.05 Å². The van der Waals surface area contributed by atoms with Crippen molar-refractivity contribution in [1.82, 2.24) is 9.55 Å². The number of benzene rings is 1. The molecule has 0 saturated heterocycles. The molecule has 0 radical (unpaired) electrons. The van der Waals surface area contributed by atoms with Gasteiger partial charge in [-0.25, -0.2) is 9.78 Å². The Balaban J connectivity index is 2.03. The van der Waals surface area contributed by atoms with Gasteiger partial charge in [0.05, 0.1) is 11.7 Å². The van der Waals surface area contributed by atoms with Crippen LogP contribution in [-0.4, -0.2) is 15.5 Å². The van der Waals surface area contributed by atoms with Gasteiger partial charge in [0, 0.05) is 7.05 Å². The summed E-state index contributed by atoms with van der Waals surface area (Å²) in [5.74, 6) is 0.340. The fraction of sp³-hybridized carbons (Fsp3) is 0.278. The number of hydrogen-bond acceptors (Lipinski definition) is 5. The third kappa shape index (κ3) is 2.73. The van der Waals surface area contributed by atoms with Gasteiger partial charge in [-0.05, 0) is 30.0 Å². The highest BCUT2D eigenvalue weighted by Gasteiger charge is 2.21. The predicted octanol–water partition coefficient (Wildman–Crippen LogP) is 3.65. The van der Waals surface area contributed by atoms with E-state index in [1.54, 1.807) is 20.0 Å². The maximum atomic E-state index is 12.6. The highest BCUT2D eigenvalue weighted by atomic mass is 32.1. The third-order valence-corrected chi connectivity index (χ3v) is 5.12. The number of esters is 1. The Morgan fingerprint density at radius 2 is 2.00 bits per heavy atom. The molecule has 1 aromatic carbocycles. The molecule has 0 bridgehead atoms. The zero-order chi connectivity index (χ0) is 17.4. The summed E-state index contributed by atoms with van der Waals surface area (Å²) in [5, 5.41) is 0.481. The maximum absolute atomic E-state index is 12.6. The normalized spacial score (nSPS) is 11.2. The minimum atomic E-state index is -0.453. The van der Waals surface area contributed by atoms with Crippen LogP contribution >= 0.6 is 11.3 Å². The zero-order valence-electron chi connectivity index (χ0n) is 14.0. The second kappa shape index (κ2) is 6.20. The fourth-order valence-electron chi connectivity index (χ4n) is 2.60. The number of aromatic nitrogens is 2. The molecule has 3 rings (SSSR count). The largest absolute Gasteiger partial charge is 0.422 e. The molecule has 5 nitrogen and oxygen atoms in total. The first kappa shape index (κ1) is 16.4. The minimum Gasteiger partial charge on any atom is -0.422 e. The molecule has 6 heteroatoms. The lowest BCUT2D eigenvalue weighted by Gasteiger charge is -2.12. The first-order valence-corrected chi connectivity index (χ1v) is 8.47. The molecular formula is C18H18N2O3S. The van der Waals surface area contributed by atoms with Crippen molar-refractivity contribution in [2.75, 3.05) is 0 Å². The Morgan fingerprint density at radius 3 is 2.71 bits per heavy atom. The molecule has 0 aliphatic heterocycles. The van der Waals surface area contributed by atoms with Crippen LogP contribution in [0.15, 0.2) is 35.4 Å². The second-order valence-corrected chi connectivity index (χ2v) is 6.98. The van der Waals surface area contributed by atoms with Crippen LogP contribution in [0.3, 0.4) is 0 Å². The quantitative estimate of drug-likeness (QED) is 0.538. The number of hydrogen-bond donors (Lipinski definition) is 0. The number of nitrogens with zero attached hydrogens (tertiary/aromatic N) is 2. The van der Waals surface area contributed by atoms with E-state index in [1.165, 1.54) is 22.2 Å². The molecule has 2 aromatic heterocycles. The highest BCUT2D eigenvalue weighted by Crippen LogP contribution is 2.30. The topological polar surface area (TPSA) is 61.2 Å². The van der Waals surface area contributed by atoms with Gasteiger partial charge in [0.1, 0.15) is 15.5 Å². The van der Waals surface area contributed by atoms with Gasteiger partial charge in [-0.1, -0.05) is 32.0 Å². The predicted molar refractivity (Wildman–Crippen MR) is 95.1 cm³/mol. The number of thiophene rings is 1. The number of aryl methyl sites for hydroxylation is 2. The number of fused-ring (bicyclic) bond motifs is 1. The van der Waals surface area contributed by atoms with Crippen LogP contribution in [0.25, 0.3) is 10.2 Å². The summed E-state index contributed by atoms with van der Waals surface area (Å²) in [6.45, 7) is 5.85. The van der Waals surface area contributed by atoms with E-state index >= 15 is 0 Å². The lowest BCUT2D eigenvalue weighted by Crippen LogP contribution is -2.17. The van der Waals surface area contributed by atoms with Gasteiger partial charge in [-0.2, -0.15) is 0 Å². The van der Waals surface area contributed by atoms with Crippen molar-refractivity contribution in [1.29, 1.82) is 0 Å². The van der Waals surface area contributed by atoms with Crippen molar-refractivity contribution in [3.05, 3.63) is 57.0 Å². The van der Waals surface area contributed by atoms with Gasteiger partial charge in [0.25, 0.3) is 5.56 Å². The molecule has 0 unspecified atom stereocenters. The van der Waals surface area contributed by atoms with Gasteiger partial charge in [-0.3, -0.25) is 4.79 Å². The molecule has 0 spiro atoms. The van der Waals surface area contributed by atoms with E-state index in [9.17, 15) is 9.59 Å². The average molecular weight is 342 g/mol. The Morgan fingerprint density at radius 1 is 1.29 bits per heavy atom. The number of carbonyl (C=O) groups is 1. The van der Waals surface area contributed by atoms with Crippen molar-refractivity contribution in [3.63, 3.8) is 0 Å². The summed E-state index contributed by atoms with van der Waals surface area (Å²) in [6.07, 6.45) is 1.46. The fourth-order valence-corrected chi connectivity index (χ4v) is 3.62. The van der Waals surface area contributed by atoms with Crippen molar-refractivity contribution in [2.24, 2.45) is 7.05 Å². The van der Waals surface area contributed by atoms with Crippen LogP contribution in [0.5, 0.6) is 5.75 Å². The molecule has 2 heterocycles. The maximum Gasteiger partial charge on any atom is 0.354 e. The summed E-state index contributed by atoms with van der Waals surface area (Å²) in [7, 11) is 1.64. The van der Waals surface area contributed by atoms with E-state index in [4.69, 9.17) is 4.74 Å². The summed E-state index contributed by atoms with van der Waals surface area (Å²) in [4.78, 5) is 30.1. The monoisotopic (exact) mass is 342 g/mol. The molecule has 0 aliphatic rings. The second-order valence-electron chi connectivity index (χ2n) is 5.98. The third-order valence-electron chi connectivity index (χ3n) is 3.94. The van der Waals surface area contributed by atoms with Crippen molar-refractivity contribution >= 4 is 27.5 Å². The van der Waals surface area contributed by atoms with Gasteiger partial charge in [-0.15, -0.1) is 11.3 Å². The summed E-state index contributed by atoms with van der Waals surface area (Å²) in [6, 6.07) is 7.49. The Labute approximate surface area is 143 Å². The van der Waals surface area contributed by atoms with E-state index < -0.39 is 5.97 Å². The zero-order valence-corrected chi connectivity index (χ0v) is 14.8. The number of ether oxygens (including phenoxy) is 1. The molecule has 3 aromatic rings. The van der Waals surface area contributed by atoms with Gasteiger partial charge in [0.15, 0.2) is 0 Å². The standard InChI is InChI=1S/C18H18N2O3S/c1-10(2)12-7-5-6-8-13(12)23-18(22)15-11(3)14-16(24-15)19-9-20(4)17(14)21/h5-10H,1-4H3. The number of rotatable bonds is 3. The van der Waals surface area contributed by atoms with Crippen molar-refractivity contribution in [2.45, 2.75) is 26.7 Å². The Kier molecular flexibility index (Phi) is 4.24. The highest BCUT2D eigenvalue weighted by molar-refractivity contribution is 7.20. The summed E-state index contributed by atoms with van der Waals surface area (Å²) >= 11 is 1.19. The van der Waals surface area contributed by atoms with Gasteiger partial charge in [0.2, 0.25) is 0 Å². The molecule has 124 valence electrons. The molecule has 0 amide bonds. The average Bonchev–Trinajstić information content (AvgIpc) is 2.89. The van der Waals surface area contributed by atoms with E-state index in [0.717, 1.165) is 5.56 Å². The SMILES string of the molecule is Cc1c(C(=O)Oc2ccccc2C(C)C)sc2ncn(C)c(=O)c12. The Bertz CT molecular complexity index is 986. The number of para-hydroxylation sites is 1. The smallest absolute Gasteiger partial charge is 0.354 e. The van der Waals surface area contributed by atoms with E-state index in [1.807, 2.05) is 32.0 Å². The van der Waals surface area contributed by atoms with Crippen molar-refractivity contribution in [3.8, 4) is 5.75 Å². The van der Waals surface area contributed by atoms with E-state index in [-0.39, 0.29) is 11.5 Å². The van der Waals surface area contributed by atoms with Crippen LogP contribution in [0.1, 0.15) is 40.6 Å². The molecule has 0 aliphatic carbocycles. The molecule has 24 heavy (non-hydrogen) atoms. The van der Waals surface area contributed by atoms with Crippen molar-refractivity contribution < 1.29 is 9.53 Å². The van der Waals surface area contributed by atoms with Crippen LogP contribution in [0, 0.1) is 6.92 Å². The molecule has 0 saturated carbocycles.